The highest BCUT2D eigenvalue weighted by Gasteiger charge is 2.59. The molecule has 4 aliphatic rings. The molecule has 4 rings (SSSR count). The molecule has 3 saturated carbocycles. The monoisotopic (exact) mass is 402 g/mol. The molecule has 0 unspecified atom stereocenters. The average Bonchev–Trinajstić information content (AvgIpc) is 2.98. The third kappa shape index (κ3) is 3.86. The lowest BCUT2D eigenvalue weighted by molar-refractivity contribution is -0.0575. The van der Waals surface area contributed by atoms with E-state index in [-0.39, 0.29) is 6.10 Å². The molecule has 0 aliphatic heterocycles. The van der Waals surface area contributed by atoms with Crippen molar-refractivity contribution >= 4 is 0 Å². The first-order valence-corrected chi connectivity index (χ1v) is 12.6. The first kappa shape index (κ1) is 21.9. The second-order valence-corrected chi connectivity index (χ2v) is 12.6. The summed E-state index contributed by atoms with van der Waals surface area (Å²) in [7, 11) is 0. The van der Waals surface area contributed by atoms with Gasteiger partial charge < -0.3 is 10.2 Å². The van der Waals surface area contributed by atoms with Gasteiger partial charge in [-0.05, 0) is 112 Å². The normalized spacial score (nSPS) is 45.8. The zero-order valence-electron chi connectivity index (χ0n) is 19.7. The van der Waals surface area contributed by atoms with Crippen LogP contribution in [-0.2, 0) is 0 Å². The molecule has 2 heteroatoms. The van der Waals surface area contributed by atoms with Crippen molar-refractivity contribution < 1.29 is 10.2 Å². The summed E-state index contributed by atoms with van der Waals surface area (Å²) in [6, 6.07) is 0. The lowest BCUT2D eigenvalue weighted by Gasteiger charge is -2.58. The zero-order valence-corrected chi connectivity index (χ0v) is 19.7. The molecule has 0 spiro atoms. The minimum atomic E-state index is -0.519. The lowest BCUT2D eigenvalue weighted by Crippen LogP contribution is -2.50. The topological polar surface area (TPSA) is 40.5 Å². The van der Waals surface area contributed by atoms with Crippen molar-refractivity contribution in [2.24, 2.45) is 40.4 Å². The van der Waals surface area contributed by atoms with Crippen LogP contribution in [0.2, 0.25) is 0 Å². The molecule has 8 atom stereocenters. The molecule has 0 heterocycles. The molecular weight excluding hydrogens is 356 g/mol. The molecule has 0 radical (unpaired) electrons. The Morgan fingerprint density at radius 1 is 1.10 bits per heavy atom. The molecule has 0 aromatic rings. The molecule has 0 saturated heterocycles. The second kappa shape index (κ2) is 7.66. The van der Waals surface area contributed by atoms with E-state index in [9.17, 15) is 10.2 Å². The fourth-order valence-electron chi connectivity index (χ4n) is 8.67. The summed E-state index contributed by atoms with van der Waals surface area (Å²) in [5.74, 6) is 4.24. The highest BCUT2D eigenvalue weighted by atomic mass is 16.3. The largest absolute Gasteiger partial charge is 0.393 e. The van der Waals surface area contributed by atoms with Crippen molar-refractivity contribution in [1.82, 2.24) is 0 Å². The predicted octanol–water partition coefficient (Wildman–Crippen LogP) is 6.50. The van der Waals surface area contributed by atoms with Gasteiger partial charge in [0.25, 0.3) is 0 Å². The number of hydrogen-bond donors (Lipinski definition) is 2. The Kier molecular flexibility index (Phi) is 5.78. The first-order valence-electron chi connectivity index (χ1n) is 12.6. The molecule has 2 nitrogen and oxygen atoms in total. The Balaban J connectivity index is 1.47. The first-order chi connectivity index (χ1) is 13.5. The van der Waals surface area contributed by atoms with E-state index in [4.69, 9.17) is 0 Å². The maximum Gasteiger partial charge on any atom is 0.0591 e. The lowest BCUT2D eigenvalue weighted by atomic mass is 9.47. The summed E-state index contributed by atoms with van der Waals surface area (Å²) in [4.78, 5) is 0. The van der Waals surface area contributed by atoms with Crippen LogP contribution in [0.15, 0.2) is 11.6 Å². The van der Waals surface area contributed by atoms with Crippen LogP contribution in [0.5, 0.6) is 0 Å². The van der Waals surface area contributed by atoms with Gasteiger partial charge in [0.05, 0.1) is 11.7 Å². The Hall–Kier alpha value is -0.340. The summed E-state index contributed by atoms with van der Waals surface area (Å²) >= 11 is 0. The summed E-state index contributed by atoms with van der Waals surface area (Å²) in [6.07, 6.45) is 15.9. The van der Waals surface area contributed by atoms with Crippen molar-refractivity contribution in [3.63, 3.8) is 0 Å². The average molecular weight is 403 g/mol. The highest BCUT2D eigenvalue weighted by Crippen LogP contribution is 2.67. The van der Waals surface area contributed by atoms with E-state index >= 15 is 0 Å². The van der Waals surface area contributed by atoms with Gasteiger partial charge in [0, 0.05) is 0 Å². The van der Waals surface area contributed by atoms with Crippen LogP contribution in [-0.4, -0.2) is 21.9 Å². The Morgan fingerprint density at radius 2 is 1.86 bits per heavy atom. The minimum absolute atomic E-state index is 0.0969. The summed E-state index contributed by atoms with van der Waals surface area (Å²) in [5.41, 5.74) is 1.95. The SMILES string of the molecule is C[C@H](CCCC(C)(C)O)[C@@H]1CC[C@H]2[C@@H]3CC=C4C[C@H](O)CC[C@]4(C)[C@H]3CC[C@@]21C. The van der Waals surface area contributed by atoms with Gasteiger partial charge in [0.15, 0.2) is 0 Å². The Labute approximate surface area is 179 Å². The molecule has 2 N–H and O–H groups in total. The van der Waals surface area contributed by atoms with Gasteiger partial charge >= 0.3 is 0 Å². The summed E-state index contributed by atoms with van der Waals surface area (Å²) < 4.78 is 0. The van der Waals surface area contributed by atoms with Crippen LogP contribution in [0.3, 0.4) is 0 Å². The molecule has 3 fully saturated rings. The van der Waals surface area contributed by atoms with Gasteiger partial charge in [-0.1, -0.05) is 45.3 Å². The molecule has 0 aromatic heterocycles. The highest BCUT2D eigenvalue weighted by molar-refractivity contribution is 5.25. The van der Waals surface area contributed by atoms with Gasteiger partial charge in [0.1, 0.15) is 0 Å². The number of allylic oxidation sites excluding steroid dienone is 1. The van der Waals surface area contributed by atoms with Crippen LogP contribution in [0.25, 0.3) is 0 Å². The molecule has 166 valence electrons. The number of fused-ring (bicyclic) bond motifs is 5. The van der Waals surface area contributed by atoms with Gasteiger partial charge in [0.2, 0.25) is 0 Å². The van der Waals surface area contributed by atoms with E-state index in [2.05, 4.69) is 26.8 Å². The number of aliphatic hydroxyl groups excluding tert-OH is 1. The fraction of sp³-hybridized carbons (Fsp3) is 0.926. The van der Waals surface area contributed by atoms with E-state index in [0.29, 0.717) is 10.8 Å². The molecular formula is C27H46O2. The van der Waals surface area contributed by atoms with Crippen molar-refractivity contribution in [2.45, 2.75) is 117 Å². The molecule has 0 amide bonds. The number of rotatable bonds is 5. The quantitative estimate of drug-likeness (QED) is 0.515. The van der Waals surface area contributed by atoms with Crippen molar-refractivity contribution in [1.29, 1.82) is 0 Å². The Morgan fingerprint density at radius 3 is 2.59 bits per heavy atom. The van der Waals surface area contributed by atoms with Gasteiger partial charge in [-0.15, -0.1) is 0 Å². The van der Waals surface area contributed by atoms with Gasteiger partial charge in [-0.3, -0.25) is 0 Å². The fourth-order valence-corrected chi connectivity index (χ4v) is 8.67. The van der Waals surface area contributed by atoms with Crippen LogP contribution < -0.4 is 0 Å². The second-order valence-electron chi connectivity index (χ2n) is 12.6. The molecule has 4 aliphatic carbocycles. The van der Waals surface area contributed by atoms with Crippen LogP contribution in [0.4, 0.5) is 0 Å². The summed E-state index contributed by atoms with van der Waals surface area (Å²) in [5, 5.41) is 20.3. The maximum absolute atomic E-state index is 10.2. The molecule has 0 aromatic carbocycles. The zero-order chi connectivity index (χ0) is 21.0. The maximum atomic E-state index is 10.2. The van der Waals surface area contributed by atoms with Crippen LogP contribution >= 0.6 is 0 Å². The minimum Gasteiger partial charge on any atom is -0.393 e. The molecule has 29 heavy (non-hydrogen) atoms. The van der Waals surface area contributed by atoms with E-state index in [1.54, 1.807) is 5.57 Å². The predicted molar refractivity (Wildman–Crippen MR) is 121 cm³/mol. The number of aliphatic hydroxyl groups is 2. The number of hydrogen-bond acceptors (Lipinski definition) is 2. The van der Waals surface area contributed by atoms with Gasteiger partial charge in [-0.2, -0.15) is 0 Å². The van der Waals surface area contributed by atoms with E-state index < -0.39 is 5.60 Å². The standard InChI is InChI=1S/C27H46O2/c1-18(7-6-14-25(2,3)29)22-10-11-23-21-9-8-19-17-20(28)12-15-26(19,4)24(21)13-16-27(22,23)5/h8,18,20-24,28-29H,6-7,9-17H2,1-5H3/t18-,20-,21+,22+,23+,24+,26+,27-/m1/s1. The van der Waals surface area contributed by atoms with Crippen LogP contribution in [0, 0.1) is 40.4 Å². The Bertz CT molecular complexity index is 631. The van der Waals surface area contributed by atoms with Crippen molar-refractivity contribution in [3.05, 3.63) is 11.6 Å². The van der Waals surface area contributed by atoms with E-state index in [1.165, 1.54) is 44.9 Å². The van der Waals surface area contributed by atoms with Crippen molar-refractivity contribution in [3.8, 4) is 0 Å². The van der Waals surface area contributed by atoms with Gasteiger partial charge in [-0.25, -0.2) is 0 Å². The van der Waals surface area contributed by atoms with E-state index in [1.807, 2.05) is 13.8 Å². The third-order valence-electron chi connectivity index (χ3n) is 10.3. The van der Waals surface area contributed by atoms with E-state index in [0.717, 1.165) is 55.3 Å². The van der Waals surface area contributed by atoms with Crippen LogP contribution in [0.1, 0.15) is 105 Å². The molecule has 0 bridgehead atoms. The van der Waals surface area contributed by atoms with Crippen molar-refractivity contribution in [2.75, 3.05) is 0 Å². The summed E-state index contributed by atoms with van der Waals surface area (Å²) in [6.45, 7) is 11.6. The smallest absolute Gasteiger partial charge is 0.0591 e. The third-order valence-corrected chi connectivity index (χ3v) is 10.3.